The zero-order valence-corrected chi connectivity index (χ0v) is 11.0. The van der Waals surface area contributed by atoms with Gasteiger partial charge in [0.15, 0.2) is 0 Å². The fourth-order valence-electron chi connectivity index (χ4n) is 1.70. The Morgan fingerprint density at radius 3 is 2.67 bits per heavy atom. The third-order valence-corrected chi connectivity index (χ3v) is 2.82. The van der Waals surface area contributed by atoms with E-state index in [1.165, 1.54) is 0 Å². The molecule has 0 atom stereocenters. The van der Waals surface area contributed by atoms with Crippen LogP contribution in [0.15, 0.2) is 29.5 Å². The predicted molar refractivity (Wildman–Crippen MR) is 69.6 cm³/mol. The minimum absolute atomic E-state index is 0.0269. The van der Waals surface area contributed by atoms with Crippen molar-refractivity contribution in [2.75, 3.05) is 0 Å². The van der Waals surface area contributed by atoms with Crippen molar-refractivity contribution in [3.8, 4) is 0 Å². The summed E-state index contributed by atoms with van der Waals surface area (Å²) in [4.78, 5) is 16.1. The Balaban J connectivity index is 2.20. The summed E-state index contributed by atoms with van der Waals surface area (Å²) >= 11 is 0. The van der Waals surface area contributed by atoms with Crippen LogP contribution in [0.4, 0.5) is 0 Å². The third-order valence-electron chi connectivity index (χ3n) is 2.82. The average Bonchev–Trinajstić information content (AvgIpc) is 2.80. The summed E-state index contributed by atoms with van der Waals surface area (Å²) in [6.07, 6.45) is 4.30. The topological polar surface area (TPSA) is 52.7 Å². The highest BCUT2D eigenvalue weighted by Gasteiger charge is 2.04. The van der Waals surface area contributed by atoms with E-state index in [2.05, 4.69) is 23.9 Å². The summed E-state index contributed by atoms with van der Waals surface area (Å²) in [5.41, 5.74) is 1.67. The van der Waals surface area contributed by atoms with E-state index in [0.717, 1.165) is 17.8 Å². The van der Waals surface area contributed by atoms with Crippen molar-refractivity contribution >= 4 is 0 Å². The van der Waals surface area contributed by atoms with Crippen molar-refractivity contribution in [1.82, 2.24) is 19.3 Å². The van der Waals surface area contributed by atoms with Crippen molar-refractivity contribution < 1.29 is 0 Å². The Morgan fingerprint density at radius 2 is 2.11 bits per heavy atom. The number of aromatic nitrogens is 4. The van der Waals surface area contributed by atoms with Crippen LogP contribution in [0.3, 0.4) is 0 Å². The minimum atomic E-state index is -0.0269. The first-order chi connectivity index (χ1) is 8.60. The van der Waals surface area contributed by atoms with Gasteiger partial charge in [0.25, 0.3) is 5.56 Å². The van der Waals surface area contributed by atoms with Gasteiger partial charge in [0.1, 0.15) is 0 Å². The highest BCUT2D eigenvalue weighted by Crippen LogP contribution is 2.04. The maximum atomic E-state index is 11.8. The molecule has 2 rings (SSSR count). The van der Waals surface area contributed by atoms with Gasteiger partial charge in [-0.05, 0) is 26.3 Å². The summed E-state index contributed by atoms with van der Waals surface area (Å²) in [6.45, 7) is 6.59. The summed E-state index contributed by atoms with van der Waals surface area (Å²) in [5, 5.41) is 4.42. The van der Waals surface area contributed by atoms with Gasteiger partial charge in [-0.2, -0.15) is 5.10 Å². The van der Waals surface area contributed by atoms with E-state index in [9.17, 15) is 4.79 Å². The zero-order valence-electron chi connectivity index (χ0n) is 11.0. The number of rotatable bonds is 4. The van der Waals surface area contributed by atoms with Crippen molar-refractivity contribution in [2.24, 2.45) is 0 Å². The van der Waals surface area contributed by atoms with Gasteiger partial charge in [-0.15, -0.1) is 0 Å². The molecule has 0 radical (unpaired) electrons. The molecule has 0 aliphatic rings. The molecule has 0 aliphatic heterocycles. The lowest BCUT2D eigenvalue weighted by Crippen LogP contribution is -2.21. The van der Waals surface area contributed by atoms with Crippen LogP contribution in [0.1, 0.15) is 38.2 Å². The Labute approximate surface area is 106 Å². The maximum Gasteiger partial charge on any atom is 0.253 e. The molecule has 96 valence electrons. The largest absolute Gasteiger partial charge is 0.293 e. The summed E-state index contributed by atoms with van der Waals surface area (Å²) in [7, 11) is 0. The summed E-state index contributed by atoms with van der Waals surface area (Å²) in [6, 6.07) is 3.84. The molecule has 0 amide bonds. The van der Waals surface area contributed by atoms with E-state index in [-0.39, 0.29) is 5.56 Å². The second-order valence-corrected chi connectivity index (χ2v) is 4.58. The molecule has 5 heteroatoms. The van der Waals surface area contributed by atoms with Crippen LogP contribution >= 0.6 is 0 Å². The van der Waals surface area contributed by atoms with E-state index < -0.39 is 0 Å². The van der Waals surface area contributed by atoms with Gasteiger partial charge in [0.2, 0.25) is 0 Å². The molecule has 0 unspecified atom stereocenters. The summed E-state index contributed by atoms with van der Waals surface area (Å²) < 4.78 is 3.46. The molecule has 0 aliphatic carbocycles. The van der Waals surface area contributed by atoms with Crippen LogP contribution in [0, 0.1) is 0 Å². The maximum absolute atomic E-state index is 11.8. The first kappa shape index (κ1) is 12.5. The minimum Gasteiger partial charge on any atom is -0.293 e. The van der Waals surface area contributed by atoms with Gasteiger partial charge in [-0.3, -0.25) is 14.0 Å². The lowest BCUT2D eigenvalue weighted by atomic mass is 10.3. The van der Waals surface area contributed by atoms with Gasteiger partial charge in [-0.25, -0.2) is 4.98 Å². The summed E-state index contributed by atoms with van der Waals surface area (Å²) in [5.74, 6) is 0. The number of nitrogens with zero attached hydrogens (tertiary/aromatic N) is 4. The molecule has 2 aromatic rings. The molecule has 0 saturated heterocycles. The van der Waals surface area contributed by atoms with Crippen molar-refractivity contribution in [2.45, 2.75) is 39.8 Å². The standard InChI is InChI=1S/C13H18N4O/c1-4-11-7-13(18)16(9-14-11)8-12-5-6-17(15-12)10(2)3/h5-7,9-10H,4,8H2,1-3H3. The molecule has 0 spiro atoms. The van der Waals surface area contributed by atoms with Crippen molar-refractivity contribution in [1.29, 1.82) is 0 Å². The Kier molecular flexibility index (Phi) is 3.60. The van der Waals surface area contributed by atoms with Crippen molar-refractivity contribution in [3.63, 3.8) is 0 Å². The molecule has 2 heterocycles. The SMILES string of the molecule is CCc1cc(=O)n(Cc2ccn(C(C)C)n2)cn1. The smallest absolute Gasteiger partial charge is 0.253 e. The molecule has 5 nitrogen and oxygen atoms in total. The van der Waals surface area contributed by atoms with Crippen LogP contribution in [0.25, 0.3) is 0 Å². The highest BCUT2D eigenvalue weighted by molar-refractivity contribution is 5.04. The van der Waals surface area contributed by atoms with Gasteiger partial charge in [0, 0.05) is 24.0 Å². The van der Waals surface area contributed by atoms with E-state index >= 15 is 0 Å². The Morgan fingerprint density at radius 1 is 1.33 bits per heavy atom. The fraction of sp³-hybridized carbons (Fsp3) is 0.462. The molecular weight excluding hydrogens is 228 g/mol. The average molecular weight is 246 g/mol. The van der Waals surface area contributed by atoms with Gasteiger partial charge in [-0.1, -0.05) is 6.92 Å². The number of hydrogen-bond donors (Lipinski definition) is 0. The molecule has 0 N–H and O–H groups in total. The third kappa shape index (κ3) is 2.67. The Hall–Kier alpha value is -1.91. The second-order valence-electron chi connectivity index (χ2n) is 4.58. The molecular formula is C13H18N4O. The zero-order chi connectivity index (χ0) is 13.1. The number of hydrogen-bond acceptors (Lipinski definition) is 3. The molecule has 0 bridgehead atoms. The monoisotopic (exact) mass is 246 g/mol. The lowest BCUT2D eigenvalue weighted by Gasteiger charge is -2.05. The molecule has 18 heavy (non-hydrogen) atoms. The van der Waals surface area contributed by atoms with E-state index in [1.807, 2.05) is 23.9 Å². The molecule has 2 aromatic heterocycles. The molecule has 0 fully saturated rings. The second kappa shape index (κ2) is 5.16. The van der Waals surface area contributed by atoms with E-state index in [1.54, 1.807) is 17.0 Å². The van der Waals surface area contributed by atoms with Gasteiger partial charge >= 0.3 is 0 Å². The molecule has 0 saturated carbocycles. The van der Waals surface area contributed by atoms with Gasteiger partial charge < -0.3 is 0 Å². The van der Waals surface area contributed by atoms with E-state index in [0.29, 0.717) is 12.6 Å². The van der Waals surface area contributed by atoms with Crippen LogP contribution < -0.4 is 5.56 Å². The molecule has 0 aromatic carbocycles. The first-order valence-electron chi connectivity index (χ1n) is 6.19. The predicted octanol–water partition coefficient (Wildman–Crippen LogP) is 1.63. The number of aryl methyl sites for hydroxylation is 1. The van der Waals surface area contributed by atoms with Crippen LogP contribution in [0.2, 0.25) is 0 Å². The van der Waals surface area contributed by atoms with E-state index in [4.69, 9.17) is 0 Å². The normalized spacial score (nSPS) is 11.1. The fourth-order valence-corrected chi connectivity index (χ4v) is 1.70. The van der Waals surface area contributed by atoms with Crippen LogP contribution in [-0.2, 0) is 13.0 Å². The lowest BCUT2D eigenvalue weighted by molar-refractivity contribution is 0.522. The van der Waals surface area contributed by atoms with Crippen molar-refractivity contribution in [3.05, 3.63) is 46.4 Å². The quantitative estimate of drug-likeness (QED) is 0.824. The van der Waals surface area contributed by atoms with Crippen LogP contribution in [-0.4, -0.2) is 19.3 Å². The van der Waals surface area contributed by atoms with Crippen LogP contribution in [0.5, 0.6) is 0 Å². The van der Waals surface area contributed by atoms with Gasteiger partial charge in [0.05, 0.1) is 18.6 Å². The first-order valence-corrected chi connectivity index (χ1v) is 6.19. The Bertz CT molecular complexity index is 583. The highest BCUT2D eigenvalue weighted by atomic mass is 16.1.